The van der Waals surface area contributed by atoms with Crippen molar-refractivity contribution in [3.8, 4) is 0 Å². The molecule has 2 aliphatic carbocycles. The lowest BCUT2D eigenvalue weighted by atomic mass is 9.89. The molecule has 6 heteroatoms. The maximum Gasteiger partial charge on any atom is 0.339 e. The lowest BCUT2D eigenvalue weighted by Gasteiger charge is -2.27. The van der Waals surface area contributed by atoms with Crippen LogP contribution >= 0.6 is 23.2 Å². The minimum Gasteiger partial charge on any atom is -0.462 e. The van der Waals surface area contributed by atoms with Gasteiger partial charge in [-0.15, -0.1) is 23.2 Å². The summed E-state index contributed by atoms with van der Waals surface area (Å²) in [6.45, 7) is 0.568. The molecule has 3 rings (SSSR count). The SMILES string of the molecule is O=C(OCC1CCCCC1Cl)c1ccccc1C(=O)OCC1CCCCC1Cl. The Bertz CT molecular complexity index is 621. The Balaban J connectivity index is 1.58. The van der Waals surface area contributed by atoms with Crippen molar-refractivity contribution in [1.82, 2.24) is 0 Å². The molecule has 1 aromatic carbocycles. The summed E-state index contributed by atoms with van der Waals surface area (Å²) in [6.07, 6.45) is 8.30. The zero-order valence-electron chi connectivity index (χ0n) is 16.1. The number of esters is 2. The average Bonchev–Trinajstić information content (AvgIpc) is 2.72. The first kappa shape index (κ1) is 21.4. The standard InChI is InChI=1S/C22H28Cl2O4/c23-19-11-5-1-7-15(19)13-27-21(25)17-9-3-4-10-18(17)22(26)28-14-16-8-2-6-12-20(16)24/h3-4,9-10,15-16,19-20H,1-2,5-8,11-14H2. The van der Waals surface area contributed by atoms with E-state index in [-0.39, 0.29) is 46.9 Å². The summed E-state index contributed by atoms with van der Waals surface area (Å²) in [5.74, 6) is -0.666. The number of halogens is 2. The largest absolute Gasteiger partial charge is 0.462 e. The molecule has 0 aliphatic heterocycles. The van der Waals surface area contributed by atoms with Gasteiger partial charge in [-0.25, -0.2) is 9.59 Å². The molecule has 0 amide bonds. The maximum absolute atomic E-state index is 12.6. The van der Waals surface area contributed by atoms with E-state index in [0.717, 1.165) is 51.4 Å². The molecule has 0 radical (unpaired) electrons. The van der Waals surface area contributed by atoms with Crippen LogP contribution in [0.15, 0.2) is 24.3 Å². The molecule has 0 saturated heterocycles. The van der Waals surface area contributed by atoms with E-state index in [1.165, 1.54) is 0 Å². The first-order valence-corrected chi connectivity index (χ1v) is 11.1. The van der Waals surface area contributed by atoms with Crippen LogP contribution in [-0.2, 0) is 9.47 Å². The monoisotopic (exact) mass is 426 g/mol. The smallest absolute Gasteiger partial charge is 0.339 e. The van der Waals surface area contributed by atoms with Gasteiger partial charge in [0.05, 0.1) is 24.3 Å². The van der Waals surface area contributed by atoms with Crippen LogP contribution in [0.4, 0.5) is 0 Å². The minimum atomic E-state index is -0.505. The Kier molecular flexibility index (Phi) is 8.04. The molecule has 2 fully saturated rings. The number of benzene rings is 1. The summed E-state index contributed by atoms with van der Waals surface area (Å²) >= 11 is 12.7. The molecule has 154 valence electrons. The summed E-state index contributed by atoms with van der Waals surface area (Å²) < 4.78 is 11.0. The molecule has 28 heavy (non-hydrogen) atoms. The topological polar surface area (TPSA) is 52.6 Å². The summed E-state index contributed by atoms with van der Waals surface area (Å²) in [5.41, 5.74) is 0.473. The van der Waals surface area contributed by atoms with Gasteiger partial charge in [-0.1, -0.05) is 37.8 Å². The molecule has 4 unspecified atom stereocenters. The molecule has 4 atom stereocenters. The van der Waals surface area contributed by atoms with Crippen molar-refractivity contribution in [2.45, 2.75) is 62.1 Å². The number of carbonyl (C=O) groups is 2. The van der Waals surface area contributed by atoms with Gasteiger partial charge in [0.1, 0.15) is 0 Å². The van der Waals surface area contributed by atoms with Crippen molar-refractivity contribution in [1.29, 1.82) is 0 Å². The zero-order chi connectivity index (χ0) is 19.9. The fourth-order valence-electron chi connectivity index (χ4n) is 4.06. The highest BCUT2D eigenvalue weighted by Crippen LogP contribution is 2.30. The first-order valence-electron chi connectivity index (χ1n) is 10.3. The number of hydrogen-bond acceptors (Lipinski definition) is 4. The molecule has 0 N–H and O–H groups in total. The Morgan fingerprint density at radius 3 is 1.54 bits per heavy atom. The Morgan fingerprint density at radius 1 is 0.750 bits per heavy atom. The predicted octanol–water partition coefficient (Wildman–Crippen LogP) is 5.60. The zero-order valence-corrected chi connectivity index (χ0v) is 17.6. The highest BCUT2D eigenvalue weighted by Gasteiger charge is 2.27. The molecule has 0 aromatic heterocycles. The van der Waals surface area contributed by atoms with Crippen molar-refractivity contribution >= 4 is 35.1 Å². The van der Waals surface area contributed by atoms with Crippen LogP contribution in [-0.4, -0.2) is 35.9 Å². The van der Waals surface area contributed by atoms with Gasteiger partial charge >= 0.3 is 11.9 Å². The second-order valence-corrected chi connectivity index (χ2v) is 8.98. The van der Waals surface area contributed by atoms with E-state index in [4.69, 9.17) is 32.7 Å². The van der Waals surface area contributed by atoms with Crippen molar-refractivity contribution in [2.24, 2.45) is 11.8 Å². The van der Waals surface area contributed by atoms with E-state index >= 15 is 0 Å². The second kappa shape index (κ2) is 10.5. The lowest BCUT2D eigenvalue weighted by molar-refractivity contribution is 0.0368. The van der Waals surface area contributed by atoms with Crippen LogP contribution in [0, 0.1) is 11.8 Å². The summed E-state index contributed by atoms with van der Waals surface area (Å²) in [4.78, 5) is 25.2. The van der Waals surface area contributed by atoms with E-state index in [1.807, 2.05) is 0 Å². The van der Waals surface area contributed by atoms with Gasteiger partial charge in [-0.05, 0) is 37.8 Å². The van der Waals surface area contributed by atoms with Crippen molar-refractivity contribution in [2.75, 3.05) is 13.2 Å². The van der Waals surface area contributed by atoms with Crippen LogP contribution < -0.4 is 0 Å². The maximum atomic E-state index is 12.6. The van der Waals surface area contributed by atoms with Gasteiger partial charge in [0.25, 0.3) is 0 Å². The highest BCUT2D eigenvalue weighted by molar-refractivity contribution is 6.21. The van der Waals surface area contributed by atoms with E-state index in [2.05, 4.69) is 0 Å². The molecule has 0 bridgehead atoms. The fourth-order valence-corrected chi connectivity index (χ4v) is 4.77. The quantitative estimate of drug-likeness (QED) is 0.438. The fraction of sp³-hybridized carbons (Fsp3) is 0.636. The van der Waals surface area contributed by atoms with Crippen LogP contribution in [0.2, 0.25) is 0 Å². The van der Waals surface area contributed by atoms with Crippen molar-refractivity contribution in [3.63, 3.8) is 0 Å². The molecule has 0 heterocycles. The molecule has 0 spiro atoms. The number of alkyl halides is 2. The second-order valence-electron chi connectivity index (χ2n) is 7.86. The van der Waals surface area contributed by atoms with Gasteiger partial charge in [0, 0.05) is 22.6 Å². The number of hydrogen-bond donors (Lipinski definition) is 0. The first-order chi connectivity index (χ1) is 13.6. The molecule has 2 saturated carbocycles. The van der Waals surface area contributed by atoms with Crippen LogP contribution in [0.5, 0.6) is 0 Å². The van der Waals surface area contributed by atoms with Gasteiger partial charge in [0.15, 0.2) is 0 Å². The van der Waals surface area contributed by atoms with E-state index in [9.17, 15) is 9.59 Å². The van der Waals surface area contributed by atoms with E-state index in [0.29, 0.717) is 0 Å². The number of rotatable bonds is 6. The Labute approximate surface area is 176 Å². The van der Waals surface area contributed by atoms with Gasteiger partial charge in [0.2, 0.25) is 0 Å². The summed E-state index contributed by atoms with van der Waals surface area (Å²) in [6, 6.07) is 6.63. The Morgan fingerprint density at radius 2 is 1.14 bits per heavy atom. The van der Waals surface area contributed by atoms with Gasteiger partial charge in [-0.3, -0.25) is 0 Å². The minimum absolute atomic E-state index is 0.0424. The van der Waals surface area contributed by atoms with Crippen LogP contribution in [0.3, 0.4) is 0 Å². The highest BCUT2D eigenvalue weighted by atomic mass is 35.5. The normalized spacial score (nSPS) is 27.8. The third-order valence-corrected chi connectivity index (χ3v) is 7.01. The van der Waals surface area contributed by atoms with E-state index < -0.39 is 11.9 Å². The van der Waals surface area contributed by atoms with Crippen LogP contribution in [0.1, 0.15) is 72.1 Å². The van der Waals surface area contributed by atoms with Gasteiger partial charge < -0.3 is 9.47 Å². The van der Waals surface area contributed by atoms with Crippen molar-refractivity contribution in [3.05, 3.63) is 35.4 Å². The molecular weight excluding hydrogens is 399 g/mol. The third-order valence-electron chi connectivity index (χ3n) is 5.86. The van der Waals surface area contributed by atoms with E-state index in [1.54, 1.807) is 24.3 Å². The molecular formula is C22H28Cl2O4. The van der Waals surface area contributed by atoms with Crippen LogP contribution in [0.25, 0.3) is 0 Å². The average molecular weight is 427 g/mol. The molecule has 2 aliphatic rings. The number of ether oxygens (including phenoxy) is 2. The third kappa shape index (κ3) is 5.64. The lowest BCUT2D eigenvalue weighted by Crippen LogP contribution is -2.27. The predicted molar refractivity (Wildman–Crippen MR) is 110 cm³/mol. The molecule has 1 aromatic rings. The Hall–Kier alpha value is -1.26. The number of carbonyl (C=O) groups excluding carboxylic acids is 2. The summed E-state index contributed by atoms with van der Waals surface area (Å²) in [7, 11) is 0. The van der Waals surface area contributed by atoms with Gasteiger partial charge in [-0.2, -0.15) is 0 Å². The molecule has 4 nitrogen and oxygen atoms in total. The summed E-state index contributed by atoms with van der Waals surface area (Å²) in [5, 5.41) is 0.0847. The van der Waals surface area contributed by atoms with Crippen molar-refractivity contribution < 1.29 is 19.1 Å².